The molecule has 5 nitrogen and oxygen atoms in total. The highest BCUT2D eigenvalue weighted by molar-refractivity contribution is 5.78. The zero-order chi connectivity index (χ0) is 19.4. The van der Waals surface area contributed by atoms with Crippen LogP contribution in [0.5, 0.6) is 0 Å². The predicted octanol–water partition coefficient (Wildman–Crippen LogP) is 3.30. The van der Waals surface area contributed by atoms with E-state index >= 15 is 0 Å². The van der Waals surface area contributed by atoms with Gasteiger partial charge in [0.2, 0.25) is 5.91 Å². The van der Waals surface area contributed by atoms with E-state index in [9.17, 15) is 18.0 Å². The smallest absolute Gasteiger partial charge is 0.416 e. The molecule has 0 saturated carbocycles. The van der Waals surface area contributed by atoms with Crippen molar-refractivity contribution in [2.45, 2.75) is 19.1 Å². The first-order chi connectivity index (χ1) is 12.8. The number of carbonyl (C=O) groups excluding carboxylic acids is 1. The quantitative estimate of drug-likeness (QED) is 0.864. The van der Waals surface area contributed by atoms with E-state index in [1.807, 2.05) is 16.7 Å². The van der Waals surface area contributed by atoms with E-state index in [4.69, 9.17) is 4.42 Å². The molecular weight excluding hydrogens is 359 g/mol. The van der Waals surface area contributed by atoms with Crippen molar-refractivity contribution in [1.29, 1.82) is 0 Å². The van der Waals surface area contributed by atoms with Crippen molar-refractivity contribution in [3.8, 4) is 0 Å². The normalized spacial score (nSPS) is 17.0. The number of alkyl halides is 3. The van der Waals surface area contributed by atoms with E-state index in [1.165, 1.54) is 12.1 Å². The first-order valence-corrected chi connectivity index (χ1v) is 8.80. The standard InChI is InChI=1S/C19H22F3N3O2/c1-14(17-6-3-11-27-17)23-18(26)13-24-7-9-25(10-8-24)16-5-2-4-15(12-16)19(20,21)22/h2-6,11-12,14H,7-10,13H2,1H3,(H,23,26)/t14-/m1/s1. The Morgan fingerprint density at radius 2 is 1.93 bits per heavy atom. The van der Waals surface area contributed by atoms with Crippen LogP contribution in [-0.2, 0) is 11.0 Å². The van der Waals surface area contributed by atoms with Crippen molar-refractivity contribution in [3.63, 3.8) is 0 Å². The number of amides is 1. The summed E-state index contributed by atoms with van der Waals surface area (Å²) >= 11 is 0. The molecule has 1 saturated heterocycles. The first kappa shape index (κ1) is 19.3. The van der Waals surface area contributed by atoms with Gasteiger partial charge in [-0.1, -0.05) is 6.07 Å². The summed E-state index contributed by atoms with van der Waals surface area (Å²) in [6, 6.07) is 8.72. The van der Waals surface area contributed by atoms with Gasteiger partial charge in [0, 0.05) is 31.9 Å². The summed E-state index contributed by atoms with van der Waals surface area (Å²) < 4.78 is 43.9. The minimum atomic E-state index is -4.35. The molecule has 1 aromatic heterocycles. The average molecular weight is 381 g/mol. The molecule has 8 heteroatoms. The molecule has 146 valence electrons. The summed E-state index contributed by atoms with van der Waals surface area (Å²) in [5.41, 5.74) is -0.0888. The molecule has 27 heavy (non-hydrogen) atoms. The number of rotatable bonds is 5. The number of carbonyl (C=O) groups is 1. The Bertz CT molecular complexity index is 754. The number of nitrogens with one attached hydrogen (secondary N) is 1. The third-order valence-corrected chi connectivity index (χ3v) is 4.63. The number of piperazine rings is 1. The molecule has 1 aromatic carbocycles. The molecule has 1 atom stereocenters. The Kier molecular flexibility index (Phi) is 5.74. The first-order valence-electron chi connectivity index (χ1n) is 8.80. The molecule has 2 heterocycles. The van der Waals surface area contributed by atoms with E-state index in [1.54, 1.807) is 24.5 Å². The molecule has 0 unspecified atom stereocenters. The fourth-order valence-electron chi connectivity index (χ4n) is 3.14. The highest BCUT2D eigenvalue weighted by Gasteiger charge is 2.31. The van der Waals surface area contributed by atoms with Gasteiger partial charge in [0.05, 0.1) is 24.4 Å². The van der Waals surface area contributed by atoms with Gasteiger partial charge in [-0.05, 0) is 37.3 Å². The summed E-state index contributed by atoms with van der Waals surface area (Å²) in [7, 11) is 0. The SMILES string of the molecule is C[C@@H](NC(=O)CN1CCN(c2cccc(C(F)(F)F)c2)CC1)c1ccco1. The molecule has 1 aliphatic heterocycles. The van der Waals surface area contributed by atoms with Crippen molar-refractivity contribution in [2.75, 3.05) is 37.6 Å². The topological polar surface area (TPSA) is 48.7 Å². The second-order valence-corrected chi connectivity index (χ2v) is 6.62. The van der Waals surface area contributed by atoms with Crippen LogP contribution >= 0.6 is 0 Å². The monoisotopic (exact) mass is 381 g/mol. The second kappa shape index (κ2) is 8.04. The van der Waals surface area contributed by atoms with Gasteiger partial charge in [-0.2, -0.15) is 13.2 Å². The number of halogens is 3. The molecular formula is C19H22F3N3O2. The molecule has 0 radical (unpaired) electrons. The summed E-state index contributed by atoms with van der Waals surface area (Å²) in [5.74, 6) is 0.587. The molecule has 2 aromatic rings. The lowest BCUT2D eigenvalue weighted by Gasteiger charge is -2.36. The minimum Gasteiger partial charge on any atom is -0.467 e. The van der Waals surface area contributed by atoms with Crippen LogP contribution in [0.15, 0.2) is 47.1 Å². The van der Waals surface area contributed by atoms with Gasteiger partial charge in [-0.25, -0.2) is 0 Å². The highest BCUT2D eigenvalue weighted by atomic mass is 19.4. The molecule has 3 rings (SSSR count). The van der Waals surface area contributed by atoms with Crippen LogP contribution in [0.3, 0.4) is 0 Å². The fourth-order valence-corrected chi connectivity index (χ4v) is 3.14. The van der Waals surface area contributed by atoms with Crippen molar-refractivity contribution in [3.05, 3.63) is 54.0 Å². The predicted molar refractivity (Wildman–Crippen MR) is 95.4 cm³/mol. The number of hydrogen-bond acceptors (Lipinski definition) is 4. The lowest BCUT2D eigenvalue weighted by molar-refractivity contribution is -0.137. The maximum Gasteiger partial charge on any atom is 0.416 e. The highest BCUT2D eigenvalue weighted by Crippen LogP contribution is 2.31. The summed E-state index contributed by atoms with van der Waals surface area (Å²) in [6.45, 7) is 4.46. The maximum absolute atomic E-state index is 12.9. The lowest BCUT2D eigenvalue weighted by Crippen LogP contribution is -2.49. The summed E-state index contributed by atoms with van der Waals surface area (Å²) in [4.78, 5) is 16.1. The van der Waals surface area contributed by atoms with E-state index in [-0.39, 0.29) is 18.5 Å². The van der Waals surface area contributed by atoms with Crippen LogP contribution in [0, 0.1) is 0 Å². The molecule has 0 aliphatic carbocycles. The number of hydrogen-bond donors (Lipinski definition) is 1. The maximum atomic E-state index is 12.9. The number of benzene rings is 1. The van der Waals surface area contributed by atoms with E-state index in [0.29, 0.717) is 37.6 Å². The third kappa shape index (κ3) is 5.03. The largest absolute Gasteiger partial charge is 0.467 e. The van der Waals surface area contributed by atoms with Gasteiger partial charge < -0.3 is 14.6 Å². The molecule has 0 bridgehead atoms. The Hall–Kier alpha value is -2.48. The number of nitrogens with zero attached hydrogens (tertiary/aromatic N) is 2. The lowest BCUT2D eigenvalue weighted by atomic mass is 10.1. The molecule has 0 spiro atoms. The Morgan fingerprint density at radius 3 is 2.56 bits per heavy atom. The van der Waals surface area contributed by atoms with E-state index in [0.717, 1.165) is 6.07 Å². The minimum absolute atomic E-state index is 0.105. The van der Waals surface area contributed by atoms with Gasteiger partial charge in [-0.3, -0.25) is 9.69 Å². The van der Waals surface area contributed by atoms with Crippen LogP contribution in [0.4, 0.5) is 18.9 Å². The van der Waals surface area contributed by atoms with Crippen molar-refractivity contribution < 1.29 is 22.4 Å². The molecule has 1 fully saturated rings. The molecule has 1 aliphatic rings. The van der Waals surface area contributed by atoms with Crippen molar-refractivity contribution in [2.24, 2.45) is 0 Å². The Labute approximate surface area is 155 Å². The van der Waals surface area contributed by atoms with Crippen molar-refractivity contribution >= 4 is 11.6 Å². The zero-order valence-corrected chi connectivity index (χ0v) is 15.0. The summed E-state index contributed by atoms with van der Waals surface area (Å²) in [6.07, 6.45) is -2.79. The van der Waals surface area contributed by atoms with Crippen LogP contribution in [0.1, 0.15) is 24.3 Å². The Morgan fingerprint density at radius 1 is 1.19 bits per heavy atom. The molecule has 1 amide bonds. The van der Waals surface area contributed by atoms with Crippen LogP contribution in [0.25, 0.3) is 0 Å². The van der Waals surface area contributed by atoms with Gasteiger partial charge in [-0.15, -0.1) is 0 Å². The molecule has 1 N–H and O–H groups in total. The van der Waals surface area contributed by atoms with Gasteiger partial charge >= 0.3 is 6.18 Å². The third-order valence-electron chi connectivity index (χ3n) is 4.63. The van der Waals surface area contributed by atoms with Crippen molar-refractivity contribution in [1.82, 2.24) is 10.2 Å². The zero-order valence-electron chi connectivity index (χ0n) is 15.0. The van der Waals surface area contributed by atoms with Gasteiger partial charge in [0.15, 0.2) is 0 Å². The Balaban J connectivity index is 1.50. The summed E-state index contributed by atoms with van der Waals surface area (Å²) in [5, 5.41) is 2.88. The van der Waals surface area contributed by atoms with Gasteiger partial charge in [0.25, 0.3) is 0 Å². The number of anilines is 1. The van der Waals surface area contributed by atoms with Crippen LogP contribution < -0.4 is 10.2 Å². The van der Waals surface area contributed by atoms with E-state index < -0.39 is 11.7 Å². The second-order valence-electron chi connectivity index (χ2n) is 6.62. The van der Waals surface area contributed by atoms with Crippen LogP contribution in [0.2, 0.25) is 0 Å². The fraction of sp³-hybridized carbons (Fsp3) is 0.421. The van der Waals surface area contributed by atoms with E-state index in [2.05, 4.69) is 5.32 Å². The number of furan rings is 1. The average Bonchev–Trinajstić information content (AvgIpc) is 3.16. The van der Waals surface area contributed by atoms with Gasteiger partial charge in [0.1, 0.15) is 5.76 Å². The van der Waals surface area contributed by atoms with Crippen LogP contribution in [-0.4, -0.2) is 43.5 Å².